The van der Waals surface area contributed by atoms with Gasteiger partial charge in [-0.1, -0.05) is 6.92 Å². The highest BCUT2D eigenvalue weighted by Crippen LogP contribution is 2.34. The standard InChI is InChI=1S/C19H29N3O2/c1-5-21-10-8-16(9-11-21)22-13-17(20(2)14-22)15-6-7-18(23-3)19(12-15)24-4/h6-7,12-13,16H,5,8-11,14H2,1-4H3. The van der Waals surface area contributed by atoms with Crippen molar-refractivity contribution in [2.45, 2.75) is 25.8 Å². The number of hydrogen-bond acceptors (Lipinski definition) is 5. The highest BCUT2D eigenvalue weighted by atomic mass is 16.5. The van der Waals surface area contributed by atoms with Crippen molar-refractivity contribution in [3.63, 3.8) is 0 Å². The summed E-state index contributed by atoms with van der Waals surface area (Å²) >= 11 is 0. The van der Waals surface area contributed by atoms with Gasteiger partial charge in [0.05, 0.1) is 26.6 Å². The smallest absolute Gasteiger partial charge is 0.161 e. The number of piperidine rings is 1. The molecule has 0 aliphatic carbocycles. The molecule has 1 fully saturated rings. The number of nitrogens with zero attached hydrogens (tertiary/aromatic N) is 3. The molecule has 0 spiro atoms. The van der Waals surface area contributed by atoms with Crippen LogP contribution in [0.4, 0.5) is 0 Å². The fourth-order valence-corrected chi connectivity index (χ4v) is 3.70. The zero-order valence-corrected chi connectivity index (χ0v) is 15.3. The lowest BCUT2D eigenvalue weighted by Gasteiger charge is -2.36. The molecule has 0 amide bonds. The Labute approximate surface area is 145 Å². The zero-order chi connectivity index (χ0) is 17.1. The van der Waals surface area contributed by atoms with Crippen molar-refractivity contribution in [2.75, 3.05) is 47.6 Å². The Bertz CT molecular complexity index is 594. The fraction of sp³-hybridized carbons (Fsp3) is 0.579. The minimum atomic E-state index is 0.646. The van der Waals surface area contributed by atoms with Gasteiger partial charge in [-0.15, -0.1) is 0 Å². The number of rotatable bonds is 5. The molecule has 2 aliphatic rings. The molecule has 0 bridgehead atoms. The number of likely N-dealkylation sites (tertiary alicyclic amines) is 1. The van der Waals surface area contributed by atoms with E-state index in [-0.39, 0.29) is 0 Å². The van der Waals surface area contributed by atoms with Crippen LogP contribution in [0.15, 0.2) is 24.4 Å². The van der Waals surface area contributed by atoms with E-state index in [1.807, 2.05) is 6.07 Å². The molecule has 0 saturated carbocycles. The van der Waals surface area contributed by atoms with E-state index in [4.69, 9.17) is 9.47 Å². The molecule has 1 aromatic carbocycles. The molecule has 3 rings (SSSR count). The third-order valence-electron chi connectivity index (χ3n) is 5.23. The van der Waals surface area contributed by atoms with Gasteiger partial charge in [0.15, 0.2) is 11.5 Å². The first-order valence-electron chi connectivity index (χ1n) is 8.79. The van der Waals surface area contributed by atoms with E-state index in [2.05, 4.69) is 47.0 Å². The third kappa shape index (κ3) is 3.31. The van der Waals surface area contributed by atoms with Crippen LogP contribution in [0.25, 0.3) is 5.70 Å². The zero-order valence-electron chi connectivity index (χ0n) is 15.3. The molecular weight excluding hydrogens is 302 g/mol. The number of hydrogen-bond donors (Lipinski definition) is 0. The Morgan fingerprint density at radius 1 is 1.08 bits per heavy atom. The summed E-state index contributed by atoms with van der Waals surface area (Å²) in [5.41, 5.74) is 2.41. The minimum Gasteiger partial charge on any atom is -0.493 e. The lowest BCUT2D eigenvalue weighted by Crippen LogP contribution is -2.43. The summed E-state index contributed by atoms with van der Waals surface area (Å²) in [6.07, 6.45) is 4.81. The molecule has 0 aromatic heterocycles. The van der Waals surface area contributed by atoms with Crippen LogP contribution >= 0.6 is 0 Å². The Hall–Kier alpha value is -1.88. The first-order chi connectivity index (χ1) is 11.7. The molecule has 0 radical (unpaired) electrons. The summed E-state index contributed by atoms with van der Waals surface area (Å²) in [7, 11) is 5.51. The largest absolute Gasteiger partial charge is 0.493 e. The normalized spacial score (nSPS) is 19.6. The maximum Gasteiger partial charge on any atom is 0.161 e. The van der Waals surface area contributed by atoms with E-state index in [9.17, 15) is 0 Å². The van der Waals surface area contributed by atoms with Crippen molar-refractivity contribution in [3.05, 3.63) is 30.0 Å². The van der Waals surface area contributed by atoms with Crippen molar-refractivity contribution < 1.29 is 9.47 Å². The molecule has 1 aromatic rings. The predicted molar refractivity (Wildman–Crippen MR) is 97.1 cm³/mol. The third-order valence-corrected chi connectivity index (χ3v) is 5.23. The summed E-state index contributed by atoms with van der Waals surface area (Å²) in [5.74, 6) is 1.55. The van der Waals surface area contributed by atoms with Gasteiger partial charge in [0.1, 0.15) is 0 Å². The van der Waals surface area contributed by atoms with Gasteiger partial charge in [0.25, 0.3) is 0 Å². The van der Waals surface area contributed by atoms with E-state index >= 15 is 0 Å². The molecule has 0 unspecified atom stereocenters. The summed E-state index contributed by atoms with van der Waals surface area (Å²) in [4.78, 5) is 7.35. The SMILES string of the molecule is CCN1CCC(N2C=C(c3ccc(OC)c(OC)c3)N(C)C2)CC1. The van der Waals surface area contributed by atoms with Crippen LogP contribution in [0.1, 0.15) is 25.3 Å². The number of ether oxygens (including phenoxy) is 2. The molecule has 2 heterocycles. The van der Waals surface area contributed by atoms with Crippen molar-refractivity contribution in [1.82, 2.24) is 14.7 Å². The lowest BCUT2D eigenvalue weighted by atomic mass is 10.0. The maximum absolute atomic E-state index is 5.45. The molecular formula is C19H29N3O2. The molecule has 0 N–H and O–H groups in total. The second kappa shape index (κ2) is 7.34. The van der Waals surface area contributed by atoms with E-state index in [1.165, 1.54) is 43.7 Å². The van der Waals surface area contributed by atoms with Crippen LogP contribution in [0, 0.1) is 0 Å². The monoisotopic (exact) mass is 331 g/mol. The summed E-state index contributed by atoms with van der Waals surface area (Å²) < 4.78 is 10.8. The highest BCUT2D eigenvalue weighted by molar-refractivity contribution is 5.67. The van der Waals surface area contributed by atoms with E-state index in [1.54, 1.807) is 14.2 Å². The van der Waals surface area contributed by atoms with Crippen molar-refractivity contribution in [1.29, 1.82) is 0 Å². The van der Waals surface area contributed by atoms with Gasteiger partial charge in [-0.05, 0) is 37.6 Å². The molecule has 132 valence electrons. The Balaban J connectivity index is 1.76. The Kier molecular flexibility index (Phi) is 5.19. The van der Waals surface area contributed by atoms with Crippen molar-refractivity contribution in [2.24, 2.45) is 0 Å². The van der Waals surface area contributed by atoms with Gasteiger partial charge < -0.3 is 24.2 Å². The molecule has 1 saturated heterocycles. The maximum atomic E-state index is 5.45. The van der Waals surface area contributed by atoms with Crippen LogP contribution in [0.5, 0.6) is 11.5 Å². The van der Waals surface area contributed by atoms with Gasteiger partial charge in [-0.3, -0.25) is 0 Å². The first-order valence-corrected chi connectivity index (χ1v) is 8.79. The quantitative estimate of drug-likeness (QED) is 0.827. The number of benzene rings is 1. The second-order valence-corrected chi connectivity index (χ2v) is 6.60. The van der Waals surface area contributed by atoms with E-state index < -0.39 is 0 Å². The topological polar surface area (TPSA) is 28.2 Å². The molecule has 5 heteroatoms. The lowest BCUT2D eigenvalue weighted by molar-refractivity contribution is 0.134. The van der Waals surface area contributed by atoms with Crippen molar-refractivity contribution >= 4 is 5.70 Å². The second-order valence-electron chi connectivity index (χ2n) is 6.60. The van der Waals surface area contributed by atoms with Crippen LogP contribution in [0.3, 0.4) is 0 Å². The van der Waals surface area contributed by atoms with Crippen LogP contribution in [0.2, 0.25) is 0 Å². The van der Waals surface area contributed by atoms with Crippen LogP contribution in [-0.4, -0.2) is 68.3 Å². The summed E-state index contributed by atoms with van der Waals surface area (Å²) in [5, 5.41) is 0. The summed E-state index contributed by atoms with van der Waals surface area (Å²) in [6, 6.07) is 6.79. The Morgan fingerprint density at radius 3 is 2.42 bits per heavy atom. The predicted octanol–water partition coefficient (Wildman–Crippen LogP) is 2.69. The van der Waals surface area contributed by atoms with Crippen LogP contribution < -0.4 is 9.47 Å². The Morgan fingerprint density at radius 2 is 1.79 bits per heavy atom. The van der Waals surface area contributed by atoms with E-state index in [0.29, 0.717) is 6.04 Å². The van der Waals surface area contributed by atoms with Gasteiger partial charge in [0.2, 0.25) is 0 Å². The number of methoxy groups -OCH3 is 2. The van der Waals surface area contributed by atoms with E-state index in [0.717, 1.165) is 18.2 Å². The van der Waals surface area contributed by atoms with Crippen LogP contribution in [-0.2, 0) is 0 Å². The fourth-order valence-electron chi connectivity index (χ4n) is 3.70. The van der Waals surface area contributed by atoms with Gasteiger partial charge >= 0.3 is 0 Å². The van der Waals surface area contributed by atoms with Gasteiger partial charge in [-0.2, -0.15) is 0 Å². The minimum absolute atomic E-state index is 0.646. The first kappa shape index (κ1) is 17.0. The van der Waals surface area contributed by atoms with Gasteiger partial charge in [0, 0.05) is 37.9 Å². The highest BCUT2D eigenvalue weighted by Gasteiger charge is 2.28. The average Bonchev–Trinajstić information content (AvgIpc) is 3.03. The van der Waals surface area contributed by atoms with Crippen molar-refractivity contribution in [3.8, 4) is 11.5 Å². The molecule has 2 aliphatic heterocycles. The van der Waals surface area contributed by atoms with Gasteiger partial charge in [-0.25, -0.2) is 0 Å². The summed E-state index contributed by atoms with van der Waals surface area (Å²) in [6.45, 7) is 6.79. The molecule has 0 atom stereocenters. The molecule has 5 nitrogen and oxygen atoms in total. The average molecular weight is 331 g/mol. The molecule has 24 heavy (non-hydrogen) atoms.